The Morgan fingerprint density at radius 1 is 1.18 bits per heavy atom. The van der Waals surface area contributed by atoms with Gasteiger partial charge in [0.1, 0.15) is 0 Å². The lowest BCUT2D eigenvalue weighted by Gasteiger charge is -2.55. The van der Waals surface area contributed by atoms with E-state index in [0.29, 0.717) is 17.9 Å². The predicted octanol–water partition coefficient (Wildman–Crippen LogP) is 3.12. The van der Waals surface area contributed by atoms with Gasteiger partial charge in [0.05, 0.1) is 0 Å². The van der Waals surface area contributed by atoms with Gasteiger partial charge in [0.2, 0.25) is 0 Å². The molecule has 2 unspecified atom stereocenters. The molecule has 102 valence electrons. The van der Waals surface area contributed by atoms with Crippen LogP contribution in [0.5, 0.6) is 0 Å². The maximum Gasteiger partial charge on any atom is 0.0380 e. The molecule has 0 spiro atoms. The average Bonchev–Trinajstić information content (AvgIpc) is 2.24. The van der Waals surface area contributed by atoms with Crippen LogP contribution in [0.25, 0.3) is 0 Å². The summed E-state index contributed by atoms with van der Waals surface area (Å²) in [6.45, 7) is 16.1. The van der Waals surface area contributed by atoms with Crippen molar-refractivity contribution in [2.75, 3.05) is 13.1 Å². The molecule has 2 heteroatoms. The molecule has 0 radical (unpaired) electrons. The van der Waals surface area contributed by atoms with Crippen molar-refractivity contribution in [1.82, 2.24) is 4.90 Å². The number of rotatable bonds is 4. The topological polar surface area (TPSA) is 29.3 Å². The summed E-state index contributed by atoms with van der Waals surface area (Å²) in [6, 6.07) is 0.664. The van der Waals surface area contributed by atoms with Crippen LogP contribution in [0.2, 0.25) is 0 Å². The number of nitrogens with two attached hydrogens (primary N) is 1. The highest BCUT2D eigenvalue weighted by molar-refractivity contribution is 5.00. The smallest absolute Gasteiger partial charge is 0.0380 e. The zero-order valence-electron chi connectivity index (χ0n) is 12.7. The Morgan fingerprint density at radius 3 is 2.12 bits per heavy atom. The first-order valence-electron chi connectivity index (χ1n) is 7.34. The van der Waals surface area contributed by atoms with Crippen molar-refractivity contribution in [2.45, 2.75) is 66.0 Å². The largest absolute Gasteiger partial charge is 0.329 e. The van der Waals surface area contributed by atoms with Crippen molar-refractivity contribution < 1.29 is 0 Å². The highest BCUT2D eigenvalue weighted by Gasteiger charge is 2.45. The highest BCUT2D eigenvalue weighted by atomic mass is 15.3. The second-order valence-electron chi connectivity index (χ2n) is 6.56. The van der Waals surface area contributed by atoms with Crippen LogP contribution in [0.3, 0.4) is 0 Å². The first-order valence-corrected chi connectivity index (χ1v) is 7.34. The minimum absolute atomic E-state index is 0.175. The van der Waals surface area contributed by atoms with Crippen molar-refractivity contribution >= 4 is 0 Å². The Hall–Kier alpha value is -0.0800. The number of hydrogen-bond acceptors (Lipinski definition) is 2. The normalized spacial score (nSPS) is 28.1. The summed E-state index contributed by atoms with van der Waals surface area (Å²) in [6.07, 6.45) is 2.70. The van der Waals surface area contributed by atoms with Crippen LogP contribution >= 0.6 is 0 Å². The Bertz CT molecular complexity index is 227. The second-order valence-corrected chi connectivity index (χ2v) is 6.56. The molecule has 0 bridgehead atoms. The molecule has 1 aliphatic rings. The molecular weight excluding hydrogens is 208 g/mol. The van der Waals surface area contributed by atoms with Crippen LogP contribution in [0, 0.1) is 17.8 Å². The molecule has 0 aliphatic carbocycles. The number of likely N-dealkylation sites (tertiary alicyclic amines) is 1. The van der Waals surface area contributed by atoms with Gasteiger partial charge in [-0.25, -0.2) is 0 Å². The van der Waals surface area contributed by atoms with Gasteiger partial charge in [-0.1, -0.05) is 34.6 Å². The SMILES string of the molecule is CC1CCCN(C(CN)(C(C)C)C(C)C)C1C. The minimum Gasteiger partial charge on any atom is -0.329 e. The summed E-state index contributed by atoms with van der Waals surface area (Å²) >= 11 is 0. The molecule has 2 atom stereocenters. The maximum atomic E-state index is 6.21. The van der Waals surface area contributed by atoms with Crippen LogP contribution in [-0.2, 0) is 0 Å². The quantitative estimate of drug-likeness (QED) is 0.818. The molecular formula is C15H32N2. The van der Waals surface area contributed by atoms with Crippen molar-refractivity contribution in [2.24, 2.45) is 23.5 Å². The van der Waals surface area contributed by atoms with E-state index in [1.807, 2.05) is 0 Å². The summed E-state index contributed by atoms with van der Waals surface area (Å²) in [4.78, 5) is 2.72. The van der Waals surface area contributed by atoms with Crippen LogP contribution < -0.4 is 5.73 Å². The van der Waals surface area contributed by atoms with Crippen molar-refractivity contribution in [3.63, 3.8) is 0 Å². The Kier molecular flexibility index (Phi) is 5.03. The predicted molar refractivity (Wildman–Crippen MR) is 76.0 cm³/mol. The summed E-state index contributed by atoms with van der Waals surface area (Å²) in [5.41, 5.74) is 6.38. The van der Waals surface area contributed by atoms with E-state index in [9.17, 15) is 0 Å². The molecule has 1 fully saturated rings. The van der Waals surface area contributed by atoms with E-state index in [1.54, 1.807) is 0 Å². The molecule has 2 N–H and O–H groups in total. The van der Waals surface area contributed by atoms with Gasteiger partial charge in [0.25, 0.3) is 0 Å². The molecule has 1 aliphatic heterocycles. The lowest BCUT2D eigenvalue weighted by molar-refractivity contribution is -0.0509. The Balaban J connectivity index is 3.04. The third-order valence-electron chi connectivity index (χ3n) is 5.23. The van der Waals surface area contributed by atoms with Gasteiger partial charge < -0.3 is 5.73 Å². The fourth-order valence-electron chi connectivity index (χ4n) is 3.84. The molecule has 0 saturated carbocycles. The van der Waals surface area contributed by atoms with E-state index in [4.69, 9.17) is 5.73 Å². The average molecular weight is 240 g/mol. The zero-order chi connectivity index (χ0) is 13.2. The van der Waals surface area contributed by atoms with Gasteiger partial charge in [-0.05, 0) is 44.1 Å². The van der Waals surface area contributed by atoms with E-state index in [-0.39, 0.29) is 5.54 Å². The van der Waals surface area contributed by atoms with Gasteiger partial charge in [0, 0.05) is 18.1 Å². The summed E-state index contributed by atoms with van der Waals surface area (Å²) in [5.74, 6) is 2.02. The molecule has 0 aromatic rings. The third-order valence-corrected chi connectivity index (χ3v) is 5.23. The van der Waals surface area contributed by atoms with Gasteiger partial charge in [-0.2, -0.15) is 0 Å². The van der Waals surface area contributed by atoms with E-state index in [2.05, 4.69) is 46.4 Å². The molecule has 1 heterocycles. The van der Waals surface area contributed by atoms with Gasteiger partial charge in [0.15, 0.2) is 0 Å². The highest BCUT2D eigenvalue weighted by Crippen LogP contribution is 2.38. The lowest BCUT2D eigenvalue weighted by Crippen LogP contribution is -2.65. The summed E-state index contributed by atoms with van der Waals surface area (Å²) in [5, 5.41) is 0. The summed E-state index contributed by atoms with van der Waals surface area (Å²) < 4.78 is 0. The van der Waals surface area contributed by atoms with Crippen LogP contribution in [-0.4, -0.2) is 29.6 Å². The van der Waals surface area contributed by atoms with Crippen molar-refractivity contribution in [3.8, 4) is 0 Å². The minimum atomic E-state index is 0.175. The monoisotopic (exact) mass is 240 g/mol. The number of piperidine rings is 1. The number of hydrogen-bond donors (Lipinski definition) is 1. The Labute approximate surface area is 108 Å². The summed E-state index contributed by atoms with van der Waals surface area (Å²) in [7, 11) is 0. The molecule has 1 saturated heterocycles. The molecule has 17 heavy (non-hydrogen) atoms. The van der Waals surface area contributed by atoms with E-state index >= 15 is 0 Å². The standard InChI is InChI=1S/C15H32N2/c1-11(2)15(10-16,12(3)4)17-9-7-8-13(5)14(17)6/h11-14H,7-10,16H2,1-6H3. The molecule has 0 aromatic carbocycles. The first-order chi connectivity index (χ1) is 7.87. The molecule has 2 nitrogen and oxygen atoms in total. The third kappa shape index (κ3) is 2.53. The van der Waals surface area contributed by atoms with Gasteiger partial charge in [-0.3, -0.25) is 4.90 Å². The van der Waals surface area contributed by atoms with E-state index in [0.717, 1.165) is 12.5 Å². The molecule has 0 aromatic heterocycles. The zero-order valence-corrected chi connectivity index (χ0v) is 12.7. The van der Waals surface area contributed by atoms with Crippen LogP contribution in [0.1, 0.15) is 54.4 Å². The van der Waals surface area contributed by atoms with Crippen molar-refractivity contribution in [3.05, 3.63) is 0 Å². The maximum absolute atomic E-state index is 6.21. The number of nitrogens with zero attached hydrogens (tertiary/aromatic N) is 1. The van der Waals surface area contributed by atoms with Gasteiger partial charge >= 0.3 is 0 Å². The fourth-order valence-corrected chi connectivity index (χ4v) is 3.84. The molecule has 0 amide bonds. The first kappa shape index (κ1) is 15.0. The van der Waals surface area contributed by atoms with Gasteiger partial charge in [-0.15, -0.1) is 0 Å². The fraction of sp³-hybridized carbons (Fsp3) is 1.00. The van der Waals surface area contributed by atoms with Crippen molar-refractivity contribution in [1.29, 1.82) is 0 Å². The van der Waals surface area contributed by atoms with E-state index < -0.39 is 0 Å². The Morgan fingerprint density at radius 2 is 1.71 bits per heavy atom. The second kappa shape index (κ2) is 5.71. The van der Waals surface area contributed by atoms with E-state index in [1.165, 1.54) is 19.4 Å². The van der Waals surface area contributed by atoms with Crippen LogP contribution in [0.4, 0.5) is 0 Å². The molecule has 1 rings (SSSR count). The lowest BCUT2D eigenvalue weighted by atomic mass is 9.72. The van der Waals surface area contributed by atoms with Crippen LogP contribution in [0.15, 0.2) is 0 Å².